The topological polar surface area (TPSA) is 77.5 Å². The Bertz CT molecular complexity index is 1030. The number of aliphatic imine (C=N–C) groups is 1. The van der Waals surface area contributed by atoms with Crippen LogP contribution in [0.5, 0.6) is 5.75 Å². The zero-order valence-electron chi connectivity index (χ0n) is 13.8. The molecule has 3 aromatic rings. The molecule has 0 aliphatic carbocycles. The molecule has 0 spiro atoms. The first-order valence-corrected chi connectivity index (χ1v) is 8.13. The van der Waals surface area contributed by atoms with Crippen LogP contribution in [0, 0.1) is 13.8 Å². The number of nitrogens with one attached hydrogen (secondary N) is 2. The minimum absolute atomic E-state index is 0.0735. The van der Waals surface area contributed by atoms with Gasteiger partial charge in [-0.25, -0.2) is 4.99 Å². The predicted octanol–water partition coefficient (Wildman–Crippen LogP) is 3.67. The number of H-pyrrole nitrogens is 1. The molecular formula is C19H17N3O2S. The predicted molar refractivity (Wildman–Crippen MR) is 106 cm³/mol. The molecule has 0 bridgehead atoms. The van der Waals surface area contributed by atoms with Crippen LogP contribution >= 0.6 is 12.2 Å². The zero-order valence-corrected chi connectivity index (χ0v) is 14.6. The lowest BCUT2D eigenvalue weighted by atomic mass is 10.1. The lowest BCUT2D eigenvalue weighted by Gasteiger charge is -2.10. The highest BCUT2D eigenvalue weighted by molar-refractivity contribution is 7.80. The van der Waals surface area contributed by atoms with Gasteiger partial charge in [0, 0.05) is 17.3 Å². The molecule has 3 rings (SSSR count). The number of aromatic nitrogens is 1. The Morgan fingerprint density at radius 3 is 2.56 bits per heavy atom. The number of aryl methyl sites for hydroxylation is 2. The van der Waals surface area contributed by atoms with E-state index in [1.165, 1.54) is 6.21 Å². The van der Waals surface area contributed by atoms with E-state index in [0.29, 0.717) is 10.9 Å². The number of thiocarbonyl (C=S) groups is 1. The van der Waals surface area contributed by atoms with Crippen molar-refractivity contribution in [2.75, 3.05) is 5.32 Å². The first-order valence-electron chi connectivity index (χ1n) is 7.72. The number of aromatic amines is 1. The number of rotatable bonds is 2. The van der Waals surface area contributed by atoms with Crippen LogP contribution in [0.15, 0.2) is 52.3 Å². The summed E-state index contributed by atoms with van der Waals surface area (Å²) in [5.74, 6) is -0.113. The molecule has 0 unspecified atom stereocenters. The SMILES string of the molecule is Cc1cccc(C)c1NC(=S)N=Cc1c(O)c2ccccc2[nH]c1=O. The summed E-state index contributed by atoms with van der Waals surface area (Å²) in [7, 11) is 0. The van der Waals surface area contributed by atoms with Gasteiger partial charge in [0.2, 0.25) is 0 Å². The van der Waals surface area contributed by atoms with Crippen LogP contribution in [-0.2, 0) is 0 Å². The van der Waals surface area contributed by atoms with E-state index in [1.807, 2.05) is 32.0 Å². The molecule has 6 heteroatoms. The lowest BCUT2D eigenvalue weighted by Crippen LogP contribution is -2.14. The van der Waals surface area contributed by atoms with Gasteiger partial charge in [-0.15, -0.1) is 0 Å². The van der Waals surface area contributed by atoms with Gasteiger partial charge in [0.05, 0.1) is 5.52 Å². The van der Waals surface area contributed by atoms with Gasteiger partial charge in [0.1, 0.15) is 11.3 Å². The second kappa shape index (κ2) is 6.86. The maximum Gasteiger partial charge on any atom is 0.261 e. The number of benzene rings is 2. The van der Waals surface area contributed by atoms with E-state index in [1.54, 1.807) is 24.3 Å². The molecule has 0 fully saturated rings. The third kappa shape index (κ3) is 3.44. The summed E-state index contributed by atoms with van der Waals surface area (Å²) >= 11 is 5.23. The highest BCUT2D eigenvalue weighted by Gasteiger charge is 2.10. The van der Waals surface area contributed by atoms with Crippen LogP contribution in [0.1, 0.15) is 16.7 Å². The van der Waals surface area contributed by atoms with Crippen molar-refractivity contribution in [2.45, 2.75) is 13.8 Å². The van der Waals surface area contributed by atoms with Crippen LogP contribution in [-0.4, -0.2) is 21.4 Å². The maximum absolute atomic E-state index is 12.2. The van der Waals surface area contributed by atoms with Crippen LogP contribution in [0.25, 0.3) is 10.9 Å². The zero-order chi connectivity index (χ0) is 18.0. The molecule has 0 aliphatic rings. The van der Waals surface area contributed by atoms with Crippen molar-refractivity contribution >= 4 is 40.1 Å². The van der Waals surface area contributed by atoms with Crippen molar-refractivity contribution in [3.8, 4) is 5.75 Å². The monoisotopic (exact) mass is 351 g/mol. The van der Waals surface area contributed by atoms with E-state index >= 15 is 0 Å². The summed E-state index contributed by atoms with van der Waals surface area (Å²) in [4.78, 5) is 19.0. The molecular weight excluding hydrogens is 334 g/mol. The Labute approximate surface area is 150 Å². The average Bonchev–Trinajstić information content (AvgIpc) is 2.58. The molecule has 1 aromatic heterocycles. The summed E-state index contributed by atoms with van der Waals surface area (Å²) in [5.41, 5.74) is 3.20. The second-order valence-electron chi connectivity index (χ2n) is 5.72. The van der Waals surface area contributed by atoms with Crippen molar-refractivity contribution in [1.82, 2.24) is 4.98 Å². The number of fused-ring (bicyclic) bond motifs is 1. The Morgan fingerprint density at radius 2 is 1.84 bits per heavy atom. The van der Waals surface area contributed by atoms with Gasteiger partial charge in [0.25, 0.3) is 5.56 Å². The molecule has 0 amide bonds. The molecule has 0 atom stereocenters. The van der Waals surface area contributed by atoms with Gasteiger partial charge < -0.3 is 15.4 Å². The van der Waals surface area contributed by atoms with Gasteiger partial charge in [-0.05, 0) is 49.3 Å². The first kappa shape index (κ1) is 16.9. The van der Waals surface area contributed by atoms with Crippen LogP contribution in [0.3, 0.4) is 0 Å². The van der Waals surface area contributed by atoms with Gasteiger partial charge in [-0.2, -0.15) is 0 Å². The summed E-state index contributed by atoms with van der Waals surface area (Å²) in [5, 5.41) is 14.2. The first-order chi connectivity index (χ1) is 12.0. The van der Waals surface area contributed by atoms with Crippen molar-refractivity contribution < 1.29 is 5.11 Å². The van der Waals surface area contributed by atoms with Gasteiger partial charge >= 0.3 is 0 Å². The van der Waals surface area contributed by atoms with Gasteiger partial charge in [-0.3, -0.25) is 4.79 Å². The van der Waals surface area contributed by atoms with E-state index < -0.39 is 5.56 Å². The highest BCUT2D eigenvalue weighted by Crippen LogP contribution is 2.23. The van der Waals surface area contributed by atoms with Crippen LogP contribution < -0.4 is 10.9 Å². The van der Waals surface area contributed by atoms with E-state index in [0.717, 1.165) is 16.8 Å². The smallest absolute Gasteiger partial charge is 0.261 e. The number of hydrogen-bond donors (Lipinski definition) is 3. The highest BCUT2D eigenvalue weighted by atomic mass is 32.1. The number of para-hydroxylation sites is 2. The normalized spacial score (nSPS) is 11.1. The lowest BCUT2D eigenvalue weighted by molar-refractivity contribution is 0.479. The van der Waals surface area contributed by atoms with Crippen molar-refractivity contribution in [1.29, 1.82) is 0 Å². The Hall–Kier alpha value is -2.99. The molecule has 126 valence electrons. The van der Waals surface area contributed by atoms with Crippen molar-refractivity contribution in [2.24, 2.45) is 4.99 Å². The molecule has 2 aromatic carbocycles. The molecule has 0 saturated carbocycles. The van der Waals surface area contributed by atoms with Crippen molar-refractivity contribution in [3.05, 3.63) is 69.5 Å². The number of nitrogens with zero attached hydrogens (tertiary/aromatic N) is 1. The van der Waals surface area contributed by atoms with E-state index in [4.69, 9.17) is 12.2 Å². The molecule has 0 radical (unpaired) electrons. The Morgan fingerprint density at radius 1 is 1.16 bits per heavy atom. The standard InChI is InChI=1S/C19H17N3O2S/c1-11-6-5-7-12(2)16(11)22-19(25)20-10-14-17(23)13-8-3-4-9-15(13)21-18(14)24/h3-10H,1-2H3,(H,22,25)(H2,21,23,24). The third-order valence-electron chi connectivity index (χ3n) is 3.95. The summed E-state index contributed by atoms with van der Waals surface area (Å²) < 4.78 is 0. The Kier molecular flexibility index (Phi) is 4.63. The average molecular weight is 351 g/mol. The minimum Gasteiger partial charge on any atom is -0.506 e. The van der Waals surface area contributed by atoms with E-state index in [9.17, 15) is 9.90 Å². The summed E-state index contributed by atoms with van der Waals surface area (Å²) in [6, 6.07) is 12.9. The third-order valence-corrected chi connectivity index (χ3v) is 4.16. The van der Waals surface area contributed by atoms with E-state index in [-0.39, 0.29) is 16.4 Å². The van der Waals surface area contributed by atoms with E-state index in [2.05, 4.69) is 15.3 Å². The Balaban J connectivity index is 1.91. The summed E-state index contributed by atoms with van der Waals surface area (Å²) in [6.45, 7) is 3.95. The quantitative estimate of drug-likeness (QED) is 0.486. The molecule has 5 nitrogen and oxygen atoms in total. The molecule has 0 aliphatic heterocycles. The molecule has 3 N–H and O–H groups in total. The second-order valence-corrected chi connectivity index (χ2v) is 6.10. The van der Waals surface area contributed by atoms with Gasteiger partial charge in [-0.1, -0.05) is 30.3 Å². The molecule has 25 heavy (non-hydrogen) atoms. The van der Waals surface area contributed by atoms with Crippen molar-refractivity contribution in [3.63, 3.8) is 0 Å². The molecule has 1 heterocycles. The fourth-order valence-corrected chi connectivity index (χ4v) is 2.79. The number of pyridine rings is 1. The fourth-order valence-electron chi connectivity index (χ4n) is 2.63. The maximum atomic E-state index is 12.2. The number of anilines is 1. The van der Waals surface area contributed by atoms with Crippen LogP contribution in [0.4, 0.5) is 5.69 Å². The number of aromatic hydroxyl groups is 1. The molecule has 0 saturated heterocycles. The number of hydrogen-bond acceptors (Lipinski definition) is 3. The summed E-state index contributed by atoms with van der Waals surface area (Å²) in [6.07, 6.45) is 1.28. The minimum atomic E-state index is -0.421. The van der Waals surface area contributed by atoms with Crippen LogP contribution in [0.2, 0.25) is 0 Å². The largest absolute Gasteiger partial charge is 0.506 e. The van der Waals surface area contributed by atoms with Gasteiger partial charge in [0.15, 0.2) is 5.11 Å². The fraction of sp³-hybridized carbons (Fsp3) is 0.105.